The Bertz CT molecular complexity index is 1650. The van der Waals surface area contributed by atoms with E-state index in [0.29, 0.717) is 28.3 Å². The first kappa shape index (κ1) is 22.5. The Balaban J connectivity index is 1.47. The van der Waals surface area contributed by atoms with Crippen LogP contribution in [0.3, 0.4) is 0 Å². The number of aryl methyl sites for hydroxylation is 2. The quantitative estimate of drug-likeness (QED) is 0.347. The summed E-state index contributed by atoms with van der Waals surface area (Å²) in [5, 5.41) is 9.40. The Morgan fingerprint density at radius 3 is 2.83 bits per heavy atom. The second-order valence-corrected chi connectivity index (χ2v) is 8.83. The van der Waals surface area contributed by atoms with Gasteiger partial charge in [-0.2, -0.15) is 5.10 Å². The molecule has 0 saturated carbocycles. The van der Waals surface area contributed by atoms with E-state index in [4.69, 9.17) is 17.3 Å². The van der Waals surface area contributed by atoms with Gasteiger partial charge in [-0.1, -0.05) is 17.7 Å². The summed E-state index contributed by atoms with van der Waals surface area (Å²) in [6.07, 6.45) is 3.17. The number of nitrogens with zero attached hydrogens (tertiary/aromatic N) is 4. The molecule has 0 unspecified atom stereocenters. The SMILES string of the molecule is Cc1cc(N)nc(C)c1CNC(=O)c1nn(Cc2ccc3ncc(Cl)cc3c2)c2c[nH]c(=O)cc12. The Morgan fingerprint density at radius 2 is 2.03 bits per heavy atom. The molecular formula is C25H22ClN7O2. The van der Waals surface area contributed by atoms with E-state index in [1.54, 1.807) is 23.1 Å². The van der Waals surface area contributed by atoms with Crippen molar-refractivity contribution in [1.29, 1.82) is 0 Å². The van der Waals surface area contributed by atoms with Gasteiger partial charge < -0.3 is 16.0 Å². The fourth-order valence-corrected chi connectivity index (χ4v) is 4.38. The van der Waals surface area contributed by atoms with Crippen LogP contribution in [-0.2, 0) is 13.1 Å². The van der Waals surface area contributed by atoms with Crippen LogP contribution in [0.15, 0.2) is 53.6 Å². The number of hydrogen-bond donors (Lipinski definition) is 3. The number of halogens is 1. The second-order valence-electron chi connectivity index (χ2n) is 8.39. The van der Waals surface area contributed by atoms with E-state index >= 15 is 0 Å². The molecule has 0 aliphatic rings. The van der Waals surface area contributed by atoms with Gasteiger partial charge in [-0.05, 0) is 54.8 Å². The largest absolute Gasteiger partial charge is 0.384 e. The van der Waals surface area contributed by atoms with Crippen molar-refractivity contribution in [3.63, 3.8) is 0 Å². The Morgan fingerprint density at radius 1 is 1.20 bits per heavy atom. The molecule has 4 N–H and O–H groups in total. The van der Waals surface area contributed by atoms with Gasteiger partial charge in [0.05, 0.1) is 22.6 Å². The van der Waals surface area contributed by atoms with Crippen LogP contribution >= 0.6 is 11.6 Å². The summed E-state index contributed by atoms with van der Waals surface area (Å²) in [5.74, 6) is 0.0512. The monoisotopic (exact) mass is 487 g/mol. The number of rotatable bonds is 5. The van der Waals surface area contributed by atoms with Crippen LogP contribution < -0.4 is 16.6 Å². The number of nitrogens with one attached hydrogen (secondary N) is 2. The maximum atomic E-state index is 13.1. The third-order valence-corrected chi connectivity index (χ3v) is 6.12. The normalized spacial score (nSPS) is 11.3. The highest BCUT2D eigenvalue weighted by atomic mass is 35.5. The molecule has 0 aliphatic carbocycles. The zero-order valence-corrected chi connectivity index (χ0v) is 19.8. The Hall–Kier alpha value is -4.24. The number of hydrogen-bond acceptors (Lipinski definition) is 6. The number of nitrogen functional groups attached to an aromatic ring is 1. The highest BCUT2D eigenvalue weighted by molar-refractivity contribution is 6.31. The number of aromatic amines is 1. The fourth-order valence-electron chi connectivity index (χ4n) is 4.22. The third kappa shape index (κ3) is 4.45. The minimum absolute atomic E-state index is 0.176. The summed E-state index contributed by atoms with van der Waals surface area (Å²) >= 11 is 6.10. The highest BCUT2D eigenvalue weighted by Crippen LogP contribution is 2.22. The van der Waals surface area contributed by atoms with E-state index < -0.39 is 0 Å². The minimum Gasteiger partial charge on any atom is -0.384 e. The summed E-state index contributed by atoms with van der Waals surface area (Å²) in [4.78, 5) is 36.4. The minimum atomic E-state index is -0.385. The van der Waals surface area contributed by atoms with Gasteiger partial charge in [0.2, 0.25) is 5.56 Å². The molecular weight excluding hydrogens is 466 g/mol. The van der Waals surface area contributed by atoms with E-state index in [2.05, 4.69) is 25.4 Å². The zero-order chi connectivity index (χ0) is 24.7. The Labute approximate surface area is 205 Å². The van der Waals surface area contributed by atoms with Gasteiger partial charge >= 0.3 is 0 Å². The molecule has 0 aliphatic heterocycles. The molecule has 1 amide bonds. The van der Waals surface area contributed by atoms with Crippen molar-refractivity contribution >= 4 is 45.1 Å². The van der Waals surface area contributed by atoms with Crippen LogP contribution in [0.5, 0.6) is 0 Å². The van der Waals surface area contributed by atoms with Crippen molar-refractivity contribution in [2.75, 3.05) is 5.73 Å². The van der Waals surface area contributed by atoms with Gasteiger partial charge in [-0.25, -0.2) is 4.98 Å². The fraction of sp³-hybridized carbons (Fsp3) is 0.160. The lowest BCUT2D eigenvalue weighted by Gasteiger charge is -2.11. The lowest BCUT2D eigenvalue weighted by molar-refractivity contribution is 0.0946. The Kier molecular flexibility index (Phi) is 5.70. The molecule has 9 nitrogen and oxygen atoms in total. The maximum Gasteiger partial charge on any atom is 0.272 e. The average molecular weight is 488 g/mol. The zero-order valence-electron chi connectivity index (χ0n) is 19.1. The first-order valence-corrected chi connectivity index (χ1v) is 11.3. The van der Waals surface area contributed by atoms with Crippen molar-refractivity contribution in [2.45, 2.75) is 26.9 Å². The predicted octanol–water partition coefficient (Wildman–Crippen LogP) is 3.50. The first-order chi connectivity index (χ1) is 16.8. The van der Waals surface area contributed by atoms with Crippen LogP contribution in [0, 0.1) is 13.8 Å². The van der Waals surface area contributed by atoms with E-state index in [-0.39, 0.29) is 23.7 Å². The number of benzene rings is 1. The molecule has 5 rings (SSSR count). The third-order valence-electron chi connectivity index (χ3n) is 5.92. The topological polar surface area (TPSA) is 132 Å². The van der Waals surface area contributed by atoms with Gasteiger partial charge in [0.1, 0.15) is 5.82 Å². The molecule has 0 fully saturated rings. The summed E-state index contributed by atoms with van der Waals surface area (Å²) in [7, 11) is 0. The molecule has 5 aromatic rings. The number of carbonyl (C=O) groups excluding carboxylic acids is 1. The van der Waals surface area contributed by atoms with Crippen molar-refractivity contribution in [2.24, 2.45) is 0 Å². The lowest BCUT2D eigenvalue weighted by atomic mass is 10.1. The van der Waals surface area contributed by atoms with Crippen molar-refractivity contribution in [3.05, 3.63) is 92.2 Å². The smallest absolute Gasteiger partial charge is 0.272 e. The molecule has 1 aromatic carbocycles. The van der Waals surface area contributed by atoms with Crippen LogP contribution in [0.2, 0.25) is 5.02 Å². The molecule has 0 saturated heterocycles. The number of amides is 1. The summed E-state index contributed by atoms with van der Waals surface area (Å²) in [6.45, 7) is 4.42. The summed E-state index contributed by atoms with van der Waals surface area (Å²) < 4.78 is 1.70. The van der Waals surface area contributed by atoms with E-state index in [0.717, 1.165) is 33.3 Å². The van der Waals surface area contributed by atoms with Gasteiger partial charge in [0.25, 0.3) is 5.91 Å². The van der Waals surface area contributed by atoms with Gasteiger partial charge in [0, 0.05) is 41.5 Å². The van der Waals surface area contributed by atoms with E-state index in [9.17, 15) is 9.59 Å². The van der Waals surface area contributed by atoms with Crippen LogP contribution in [0.25, 0.3) is 21.8 Å². The maximum absolute atomic E-state index is 13.1. The van der Waals surface area contributed by atoms with Gasteiger partial charge in [-0.15, -0.1) is 0 Å². The van der Waals surface area contributed by atoms with Crippen molar-refractivity contribution in [3.8, 4) is 0 Å². The van der Waals surface area contributed by atoms with Gasteiger partial charge in [0.15, 0.2) is 5.69 Å². The highest BCUT2D eigenvalue weighted by Gasteiger charge is 2.19. The molecule has 0 bridgehead atoms. The number of fused-ring (bicyclic) bond motifs is 2. The first-order valence-electron chi connectivity index (χ1n) is 10.9. The molecule has 10 heteroatoms. The number of H-pyrrole nitrogens is 1. The van der Waals surface area contributed by atoms with E-state index in [1.165, 1.54) is 6.07 Å². The van der Waals surface area contributed by atoms with Crippen LogP contribution in [0.4, 0.5) is 5.82 Å². The van der Waals surface area contributed by atoms with Crippen LogP contribution in [-0.4, -0.2) is 30.6 Å². The number of nitrogens with two attached hydrogens (primary N) is 1. The molecule has 0 radical (unpaired) electrons. The number of anilines is 1. The average Bonchev–Trinajstić information content (AvgIpc) is 3.15. The molecule has 35 heavy (non-hydrogen) atoms. The molecule has 0 spiro atoms. The molecule has 4 aromatic heterocycles. The van der Waals surface area contributed by atoms with Gasteiger partial charge in [-0.3, -0.25) is 19.3 Å². The van der Waals surface area contributed by atoms with Crippen molar-refractivity contribution < 1.29 is 4.79 Å². The summed E-state index contributed by atoms with van der Waals surface area (Å²) in [5.41, 5.74) is 10.7. The predicted molar refractivity (Wildman–Crippen MR) is 136 cm³/mol. The number of aromatic nitrogens is 5. The number of pyridine rings is 3. The summed E-state index contributed by atoms with van der Waals surface area (Å²) in [6, 6.07) is 10.8. The standard InChI is InChI=1S/C25H22ClN7O2/c1-13-5-22(27)31-14(2)19(13)10-30-25(35)24-18-8-23(34)29-11-21(18)33(32-24)12-15-3-4-20-16(6-15)7-17(26)9-28-20/h3-9,11H,10,12H2,1-2H3,(H2,27,31)(H,29,34)(H,30,35). The molecule has 4 heterocycles. The molecule has 176 valence electrons. The lowest BCUT2D eigenvalue weighted by Crippen LogP contribution is -2.25. The molecule has 0 atom stereocenters. The van der Waals surface area contributed by atoms with E-state index in [1.807, 2.05) is 38.1 Å². The van der Waals surface area contributed by atoms with Crippen molar-refractivity contribution in [1.82, 2.24) is 30.0 Å². The van der Waals surface area contributed by atoms with Crippen LogP contribution in [0.1, 0.15) is 32.9 Å². The second kappa shape index (κ2) is 8.84. The number of carbonyl (C=O) groups is 1.